The van der Waals surface area contributed by atoms with Gasteiger partial charge in [0.2, 0.25) is 0 Å². The van der Waals surface area contributed by atoms with E-state index >= 15 is 0 Å². The summed E-state index contributed by atoms with van der Waals surface area (Å²) in [4.78, 5) is 11.4. The average molecular weight is 243 g/mol. The fraction of sp³-hybridized carbons (Fsp3) is 0.300. The lowest BCUT2D eigenvalue weighted by molar-refractivity contribution is -0.143. The van der Waals surface area contributed by atoms with E-state index in [1.807, 2.05) is 30.3 Å². The van der Waals surface area contributed by atoms with Crippen molar-refractivity contribution in [2.45, 2.75) is 11.2 Å². The van der Waals surface area contributed by atoms with E-state index in [2.05, 4.69) is 20.7 Å². The predicted molar refractivity (Wildman–Crippen MR) is 54.7 cm³/mol. The van der Waals surface area contributed by atoms with Crippen LogP contribution in [0.3, 0.4) is 0 Å². The molecule has 0 saturated carbocycles. The number of ether oxygens (including phenoxy) is 1. The second kappa shape index (κ2) is 3.92. The van der Waals surface area contributed by atoms with Crippen LogP contribution in [0.2, 0.25) is 0 Å². The summed E-state index contributed by atoms with van der Waals surface area (Å²) in [7, 11) is 1.38. The highest BCUT2D eigenvalue weighted by molar-refractivity contribution is 9.10. The van der Waals surface area contributed by atoms with Crippen LogP contribution in [0.1, 0.15) is 12.5 Å². The molecule has 0 unspecified atom stereocenters. The summed E-state index contributed by atoms with van der Waals surface area (Å²) in [5.41, 5.74) is 0.891. The topological polar surface area (TPSA) is 26.3 Å². The Hall–Kier alpha value is -0.830. The summed E-state index contributed by atoms with van der Waals surface area (Å²) in [5, 5.41) is 0. The van der Waals surface area contributed by atoms with Crippen LogP contribution in [0.15, 0.2) is 30.3 Å². The molecule has 1 atom stereocenters. The lowest BCUT2D eigenvalue weighted by Crippen LogP contribution is -2.26. The molecule has 0 aliphatic rings. The lowest BCUT2D eigenvalue weighted by atomic mass is 10.0. The van der Waals surface area contributed by atoms with E-state index in [-0.39, 0.29) is 5.97 Å². The lowest BCUT2D eigenvalue weighted by Gasteiger charge is -2.19. The van der Waals surface area contributed by atoms with Crippen molar-refractivity contribution in [3.63, 3.8) is 0 Å². The summed E-state index contributed by atoms with van der Waals surface area (Å²) in [6.45, 7) is 1.77. The van der Waals surface area contributed by atoms with Crippen molar-refractivity contribution in [2.75, 3.05) is 7.11 Å². The van der Waals surface area contributed by atoms with Crippen LogP contribution in [0.5, 0.6) is 0 Å². The monoisotopic (exact) mass is 242 g/mol. The Morgan fingerprint density at radius 1 is 1.38 bits per heavy atom. The molecule has 0 spiro atoms. The van der Waals surface area contributed by atoms with Crippen molar-refractivity contribution in [1.29, 1.82) is 0 Å². The van der Waals surface area contributed by atoms with E-state index in [0.29, 0.717) is 0 Å². The molecule has 0 amide bonds. The summed E-state index contributed by atoms with van der Waals surface area (Å²) in [6.07, 6.45) is 0. The molecule has 0 aromatic heterocycles. The summed E-state index contributed by atoms with van der Waals surface area (Å²) in [5.74, 6) is -0.293. The maximum atomic E-state index is 11.4. The molecule has 0 fully saturated rings. The van der Waals surface area contributed by atoms with Gasteiger partial charge in [0, 0.05) is 0 Å². The van der Waals surface area contributed by atoms with E-state index in [4.69, 9.17) is 0 Å². The Morgan fingerprint density at radius 2 is 1.92 bits per heavy atom. The Balaban J connectivity index is 3.00. The Bertz CT molecular complexity index is 293. The van der Waals surface area contributed by atoms with Crippen LogP contribution >= 0.6 is 15.9 Å². The molecule has 0 aliphatic carbocycles. The third-order valence-corrected chi connectivity index (χ3v) is 2.67. The first-order chi connectivity index (χ1) is 6.09. The van der Waals surface area contributed by atoms with Gasteiger partial charge in [0.05, 0.1) is 7.11 Å². The molecule has 1 rings (SSSR count). The minimum absolute atomic E-state index is 0.293. The largest absolute Gasteiger partial charge is 0.468 e. The zero-order chi connectivity index (χ0) is 9.90. The number of methoxy groups -OCH3 is 1. The van der Waals surface area contributed by atoms with E-state index in [0.717, 1.165) is 5.56 Å². The van der Waals surface area contributed by atoms with Gasteiger partial charge in [0.25, 0.3) is 0 Å². The van der Waals surface area contributed by atoms with Gasteiger partial charge < -0.3 is 4.74 Å². The fourth-order valence-corrected chi connectivity index (χ4v) is 1.49. The molecule has 70 valence electrons. The maximum absolute atomic E-state index is 11.4. The minimum atomic E-state index is -0.747. The van der Waals surface area contributed by atoms with E-state index < -0.39 is 4.32 Å². The first-order valence-corrected chi connectivity index (χ1v) is 4.71. The zero-order valence-electron chi connectivity index (χ0n) is 7.58. The normalized spacial score (nSPS) is 14.7. The number of hydrogen-bond donors (Lipinski definition) is 0. The number of rotatable bonds is 2. The fourth-order valence-electron chi connectivity index (χ4n) is 1.06. The van der Waals surface area contributed by atoms with Gasteiger partial charge in [0.15, 0.2) is 0 Å². The third-order valence-electron chi connectivity index (χ3n) is 1.88. The Labute approximate surface area is 86.0 Å². The van der Waals surface area contributed by atoms with Crippen molar-refractivity contribution in [3.05, 3.63) is 35.9 Å². The summed E-state index contributed by atoms with van der Waals surface area (Å²) in [6, 6.07) is 9.44. The number of esters is 1. The molecule has 13 heavy (non-hydrogen) atoms. The SMILES string of the molecule is COC(=O)[C@](C)(Br)c1ccccc1. The van der Waals surface area contributed by atoms with Crippen molar-refractivity contribution < 1.29 is 9.53 Å². The van der Waals surface area contributed by atoms with Gasteiger partial charge in [-0.25, -0.2) is 0 Å². The molecule has 0 aliphatic heterocycles. The van der Waals surface area contributed by atoms with Crippen LogP contribution in [0, 0.1) is 0 Å². The Kier molecular flexibility index (Phi) is 3.09. The number of carbonyl (C=O) groups excluding carboxylic acids is 1. The molecule has 0 radical (unpaired) electrons. The molecule has 1 aromatic carbocycles. The van der Waals surface area contributed by atoms with Crippen LogP contribution in [-0.2, 0) is 13.9 Å². The second-order valence-electron chi connectivity index (χ2n) is 2.86. The van der Waals surface area contributed by atoms with Crippen LogP contribution in [-0.4, -0.2) is 13.1 Å². The number of alkyl halides is 1. The molecule has 0 bridgehead atoms. The average Bonchev–Trinajstić information content (AvgIpc) is 2.18. The van der Waals surface area contributed by atoms with E-state index in [1.165, 1.54) is 7.11 Å². The van der Waals surface area contributed by atoms with Crippen LogP contribution < -0.4 is 0 Å². The highest BCUT2D eigenvalue weighted by Crippen LogP contribution is 2.31. The summed E-state index contributed by atoms with van der Waals surface area (Å²) >= 11 is 3.34. The van der Waals surface area contributed by atoms with Gasteiger partial charge in [-0.15, -0.1) is 0 Å². The quantitative estimate of drug-likeness (QED) is 0.589. The van der Waals surface area contributed by atoms with Crippen molar-refractivity contribution in [3.8, 4) is 0 Å². The van der Waals surface area contributed by atoms with Gasteiger partial charge in [-0.3, -0.25) is 4.79 Å². The third kappa shape index (κ3) is 2.10. The summed E-state index contributed by atoms with van der Waals surface area (Å²) < 4.78 is 3.94. The molecule has 1 aromatic rings. The number of hydrogen-bond acceptors (Lipinski definition) is 2. The van der Waals surface area contributed by atoms with Gasteiger partial charge in [0.1, 0.15) is 4.32 Å². The zero-order valence-corrected chi connectivity index (χ0v) is 9.17. The van der Waals surface area contributed by atoms with Gasteiger partial charge >= 0.3 is 5.97 Å². The highest BCUT2D eigenvalue weighted by atomic mass is 79.9. The molecule has 0 saturated heterocycles. The number of halogens is 1. The van der Waals surface area contributed by atoms with Crippen LogP contribution in [0.4, 0.5) is 0 Å². The molecule has 0 N–H and O–H groups in total. The first-order valence-electron chi connectivity index (χ1n) is 3.92. The second-order valence-corrected chi connectivity index (χ2v) is 4.45. The number of carbonyl (C=O) groups is 1. The van der Waals surface area contributed by atoms with Crippen LogP contribution in [0.25, 0.3) is 0 Å². The van der Waals surface area contributed by atoms with Gasteiger partial charge in [-0.05, 0) is 12.5 Å². The van der Waals surface area contributed by atoms with E-state index in [1.54, 1.807) is 6.92 Å². The van der Waals surface area contributed by atoms with Gasteiger partial charge in [-0.1, -0.05) is 46.3 Å². The van der Waals surface area contributed by atoms with Crippen molar-refractivity contribution in [1.82, 2.24) is 0 Å². The van der Waals surface area contributed by atoms with Crippen molar-refractivity contribution in [2.24, 2.45) is 0 Å². The van der Waals surface area contributed by atoms with Crippen molar-refractivity contribution >= 4 is 21.9 Å². The highest BCUT2D eigenvalue weighted by Gasteiger charge is 2.32. The maximum Gasteiger partial charge on any atom is 0.326 e. The standard InChI is InChI=1S/C10H11BrO2/c1-10(11,9(12)13-2)8-6-4-3-5-7-8/h3-7H,1-2H3/t10-/m1/s1. The molecular formula is C10H11BrO2. The minimum Gasteiger partial charge on any atom is -0.468 e. The van der Waals surface area contributed by atoms with Gasteiger partial charge in [-0.2, -0.15) is 0 Å². The van der Waals surface area contributed by atoms with E-state index in [9.17, 15) is 4.79 Å². The molecule has 3 heteroatoms. The Morgan fingerprint density at radius 3 is 2.38 bits per heavy atom. The smallest absolute Gasteiger partial charge is 0.326 e. The molecule has 2 nitrogen and oxygen atoms in total. The number of benzene rings is 1. The molecule has 0 heterocycles. The predicted octanol–water partition coefficient (Wildman–Crippen LogP) is 2.47. The molecular weight excluding hydrogens is 232 g/mol. The first kappa shape index (κ1) is 10.3.